The van der Waals surface area contributed by atoms with Gasteiger partial charge in [-0.2, -0.15) is 0 Å². The van der Waals surface area contributed by atoms with Gasteiger partial charge in [-0.25, -0.2) is 0 Å². The normalized spacial score (nSPS) is 19.9. The van der Waals surface area contributed by atoms with Crippen LogP contribution in [0.1, 0.15) is 38.3 Å². The molecular weight excluding hydrogens is 206 g/mol. The smallest absolute Gasteiger partial charge is 0.0453 e. The van der Waals surface area contributed by atoms with E-state index >= 15 is 0 Å². The average Bonchev–Trinajstić information content (AvgIpc) is 2.95. The lowest BCUT2D eigenvalue weighted by Crippen LogP contribution is -2.25. The maximum atomic E-state index is 6.14. The van der Waals surface area contributed by atoms with Crippen molar-refractivity contribution in [2.45, 2.75) is 32.7 Å². The van der Waals surface area contributed by atoms with Crippen molar-refractivity contribution in [3.05, 3.63) is 34.9 Å². The number of rotatable bonds is 4. The maximum absolute atomic E-state index is 6.14. The molecule has 15 heavy (non-hydrogen) atoms. The highest BCUT2D eigenvalue weighted by atomic mass is 35.5. The van der Waals surface area contributed by atoms with Crippen molar-refractivity contribution in [1.82, 2.24) is 5.32 Å². The highest BCUT2D eigenvalue weighted by Gasteiger charge is 2.36. The first-order valence-electron chi connectivity index (χ1n) is 5.59. The summed E-state index contributed by atoms with van der Waals surface area (Å²) in [7, 11) is 0. The van der Waals surface area contributed by atoms with Crippen LogP contribution in [0.15, 0.2) is 24.3 Å². The molecule has 2 rings (SSSR count). The van der Waals surface area contributed by atoms with E-state index < -0.39 is 0 Å². The van der Waals surface area contributed by atoms with Crippen molar-refractivity contribution in [2.75, 3.05) is 6.54 Å². The van der Waals surface area contributed by atoms with Crippen LogP contribution >= 0.6 is 11.6 Å². The molecule has 1 unspecified atom stereocenters. The largest absolute Gasteiger partial charge is 0.310 e. The van der Waals surface area contributed by atoms with E-state index in [1.54, 1.807) is 0 Å². The second-order valence-corrected chi connectivity index (χ2v) is 5.34. The van der Waals surface area contributed by atoms with Crippen LogP contribution in [0.4, 0.5) is 0 Å². The second-order valence-electron chi connectivity index (χ2n) is 4.93. The summed E-state index contributed by atoms with van der Waals surface area (Å²) >= 11 is 6.14. The van der Waals surface area contributed by atoms with Crippen LogP contribution in [0.5, 0.6) is 0 Å². The van der Waals surface area contributed by atoms with E-state index in [-0.39, 0.29) is 0 Å². The molecule has 0 spiro atoms. The molecule has 1 aromatic carbocycles. The molecule has 0 saturated heterocycles. The quantitative estimate of drug-likeness (QED) is 0.819. The molecule has 0 aliphatic heterocycles. The maximum Gasteiger partial charge on any atom is 0.0453 e. The van der Waals surface area contributed by atoms with Crippen molar-refractivity contribution in [1.29, 1.82) is 0 Å². The Kier molecular flexibility index (Phi) is 3.03. The molecule has 0 radical (unpaired) electrons. The van der Waals surface area contributed by atoms with E-state index in [1.807, 2.05) is 18.2 Å². The summed E-state index contributed by atoms with van der Waals surface area (Å²) in [6.45, 7) is 5.60. The zero-order valence-electron chi connectivity index (χ0n) is 9.39. The molecule has 1 N–H and O–H groups in total. The Balaban J connectivity index is 1.95. The minimum Gasteiger partial charge on any atom is -0.310 e. The van der Waals surface area contributed by atoms with E-state index in [0.29, 0.717) is 11.5 Å². The summed E-state index contributed by atoms with van der Waals surface area (Å²) in [5.74, 6) is 0. The number of nitrogens with one attached hydrogen (secondary N) is 1. The standard InChI is InChI=1S/C13H18ClN/c1-10(15-9-13(2)7-8-13)11-5-3-4-6-12(11)14/h3-6,10,15H,7-9H2,1-2H3. The van der Waals surface area contributed by atoms with Gasteiger partial charge in [0.05, 0.1) is 0 Å². The van der Waals surface area contributed by atoms with E-state index in [9.17, 15) is 0 Å². The molecule has 1 aromatic rings. The van der Waals surface area contributed by atoms with Crippen LogP contribution in [0, 0.1) is 5.41 Å². The van der Waals surface area contributed by atoms with Gasteiger partial charge in [0.1, 0.15) is 0 Å². The summed E-state index contributed by atoms with van der Waals surface area (Å²) in [5, 5.41) is 4.42. The summed E-state index contributed by atoms with van der Waals surface area (Å²) < 4.78 is 0. The van der Waals surface area contributed by atoms with Gasteiger partial charge in [-0.3, -0.25) is 0 Å². The molecular formula is C13H18ClN. The topological polar surface area (TPSA) is 12.0 Å². The Bertz CT molecular complexity index is 344. The average molecular weight is 224 g/mol. The van der Waals surface area contributed by atoms with Gasteiger partial charge >= 0.3 is 0 Å². The third kappa shape index (κ3) is 2.73. The third-order valence-electron chi connectivity index (χ3n) is 3.31. The predicted octanol–water partition coefficient (Wildman–Crippen LogP) is 3.79. The number of halogens is 1. The van der Waals surface area contributed by atoms with Crippen LogP contribution in [0.3, 0.4) is 0 Å². The van der Waals surface area contributed by atoms with Crippen LogP contribution in [0.25, 0.3) is 0 Å². The summed E-state index contributed by atoms with van der Waals surface area (Å²) in [5.41, 5.74) is 1.75. The molecule has 1 nitrogen and oxygen atoms in total. The van der Waals surface area contributed by atoms with Gasteiger partial charge in [0, 0.05) is 17.6 Å². The highest BCUT2D eigenvalue weighted by Crippen LogP contribution is 2.44. The molecule has 1 aliphatic carbocycles. The van der Waals surface area contributed by atoms with E-state index in [1.165, 1.54) is 18.4 Å². The Hall–Kier alpha value is -0.530. The van der Waals surface area contributed by atoms with E-state index in [4.69, 9.17) is 11.6 Å². The van der Waals surface area contributed by atoms with Gasteiger partial charge in [0.2, 0.25) is 0 Å². The van der Waals surface area contributed by atoms with Crippen molar-refractivity contribution in [3.8, 4) is 0 Å². The Morgan fingerprint density at radius 1 is 1.40 bits per heavy atom. The molecule has 0 heterocycles. The molecule has 1 atom stereocenters. The summed E-state index contributed by atoms with van der Waals surface area (Å²) in [6, 6.07) is 8.40. The van der Waals surface area contributed by atoms with Gasteiger partial charge in [-0.15, -0.1) is 0 Å². The monoisotopic (exact) mass is 223 g/mol. The Morgan fingerprint density at radius 2 is 2.07 bits per heavy atom. The van der Waals surface area contributed by atoms with Gasteiger partial charge in [-0.1, -0.05) is 36.7 Å². The predicted molar refractivity (Wildman–Crippen MR) is 65.2 cm³/mol. The number of benzene rings is 1. The third-order valence-corrected chi connectivity index (χ3v) is 3.65. The van der Waals surface area contributed by atoms with Gasteiger partial charge < -0.3 is 5.32 Å². The van der Waals surface area contributed by atoms with E-state index in [2.05, 4.69) is 25.2 Å². The van der Waals surface area contributed by atoms with Crippen LogP contribution < -0.4 is 5.32 Å². The fourth-order valence-corrected chi connectivity index (χ4v) is 2.03. The van der Waals surface area contributed by atoms with Crippen LogP contribution in [0.2, 0.25) is 5.02 Å². The second kappa shape index (κ2) is 4.15. The number of hydrogen-bond acceptors (Lipinski definition) is 1. The molecule has 0 bridgehead atoms. The SMILES string of the molecule is CC(NCC1(C)CC1)c1ccccc1Cl. The fraction of sp³-hybridized carbons (Fsp3) is 0.538. The van der Waals surface area contributed by atoms with Gasteiger partial charge in [-0.05, 0) is 36.8 Å². The molecule has 0 aromatic heterocycles. The molecule has 1 aliphatic rings. The molecule has 2 heteroatoms. The van der Waals surface area contributed by atoms with Crippen LogP contribution in [-0.4, -0.2) is 6.54 Å². The zero-order valence-corrected chi connectivity index (χ0v) is 10.1. The molecule has 0 amide bonds. The lowest BCUT2D eigenvalue weighted by atomic mass is 10.1. The fourth-order valence-electron chi connectivity index (χ4n) is 1.73. The van der Waals surface area contributed by atoms with Gasteiger partial charge in [0.15, 0.2) is 0 Å². The summed E-state index contributed by atoms with van der Waals surface area (Å²) in [4.78, 5) is 0. The zero-order chi connectivity index (χ0) is 10.9. The first-order valence-corrected chi connectivity index (χ1v) is 5.96. The van der Waals surface area contributed by atoms with Crippen molar-refractivity contribution in [2.24, 2.45) is 5.41 Å². The van der Waals surface area contributed by atoms with Crippen molar-refractivity contribution >= 4 is 11.6 Å². The lowest BCUT2D eigenvalue weighted by molar-refractivity contribution is 0.457. The van der Waals surface area contributed by atoms with Crippen LogP contribution in [-0.2, 0) is 0 Å². The highest BCUT2D eigenvalue weighted by molar-refractivity contribution is 6.31. The molecule has 1 saturated carbocycles. The Labute approximate surface area is 96.8 Å². The summed E-state index contributed by atoms with van der Waals surface area (Å²) in [6.07, 6.45) is 2.71. The number of hydrogen-bond donors (Lipinski definition) is 1. The Morgan fingerprint density at radius 3 is 2.67 bits per heavy atom. The van der Waals surface area contributed by atoms with E-state index in [0.717, 1.165) is 11.6 Å². The van der Waals surface area contributed by atoms with Crippen molar-refractivity contribution < 1.29 is 0 Å². The molecule has 1 fully saturated rings. The van der Waals surface area contributed by atoms with Crippen molar-refractivity contribution in [3.63, 3.8) is 0 Å². The minimum atomic E-state index is 0.344. The lowest BCUT2D eigenvalue weighted by Gasteiger charge is -2.18. The first-order chi connectivity index (χ1) is 7.11. The minimum absolute atomic E-state index is 0.344. The first kappa shape index (κ1) is 11.0. The van der Waals surface area contributed by atoms with Gasteiger partial charge in [0.25, 0.3) is 0 Å². The molecule has 82 valence electrons.